The monoisotopic (exact) mass is 628 g/mol. The lowest BCUT2D eigenvalue weighted by atomic mass is 10.0. The van der Waals surface area contributed by atoms with Gasteiger partial charge in [-0.2, -0.15) is 13.2 Å². The lowest BCUT2D eigenvalue weighted by Gasteiger charge is -2.10. The van der Waals surface area contributed by atoms with Crippen LogP contribution in [-0.4, -0.2) is 51.0 Å². The first-order chi connectivity index (χ1) is 19.2. The Morgan fingerprint density at radius 3 is 2.41 bits per heavy atom. The Labute approximate surface area is 244 Å². The van der Waals surface area contributed by atoms with E-state index in [0.717, 1.165) is 0 Å². The van der Waals surface area contributed by atoms with E-state index in [1.54, 1.807) is 32.0 Å². The van der Waals surface area contributed by atoms with Crippen LogP contribution < -0.4 is 16.0 Å². The number of anilines is 1. The van der Waals surface area contributed by atoms with Crippen LogP contribution in [0.5, 0.6) is 0 Å². The molecule has 0 atom stereocenters. The minimum Gasteiger partial charge on any atom is -0.358 e. The fraction of sp³-hybridized carbons (Fsp3) is 0.259. The number of hydrogen-bond acceptors (Lipinski definition) is 5. The van der Waals surface area contributed by atoms with Gasteiger partial charge in [0.25, 0.3) is 11.8 Å². The maximum absolute atomic E-state index is 13.3. The molecule has 218 valence electrons. The van der Waals surface area contributed by atoms with Crippen molar-refractivity contribution in [3.63, 3.8) is 0 Å². The molecule has 1 aromatic heterocycles. The molecule has 0 fully saturated rings. The van der Waals surface area contributed by atoms with E-state index in [1.165, 1.54) is 24.3 Å². The summed E-state index contributed by atoms with van der Waals surface area (Å²) in [6, 6.07) is 8.98. The topological polar surface area (TPSA) is 120 Å². The lowest BCUT2D eigenvalue weighted by molar-refractivity contribution is -0.124. The number of hydrogen-bond donors (Lipinski definition) is 4. The third-order valence-corrected chi connectivity index (χ3v) is 8.78. The zero-order chi connectivity index (χ0) is 30.1. The van der Waals surface area contributed by atoms with Gasteiger partial charge in [-0.25, -0.2) is 8.42 Å². The maximum Gasteiger partial charge on any atom is 0.401 e. The van der Waals surface area contributed by atoms with Gasteiger partial charge in [0.1, 0.15) is 0 Å². The van der Waals surface area contributed by atoms with Crippen molar-refractivity contribution in [2.75, 3.05) is 25.0 Å². The van der Waals surface area contributed by atoms with Crippen molar-refractivity contribution < 1.29 is 31.2 Å². The third-order valence-electron chi connectivity index (χ3n) is 6.43. The van der Waals surface area contributed by atoms with Gasteiger partial charge in [0.05, 0.1) is 28.3 Å². The van der Waals surface area contributed by atoms with Gasteiger partial charge in [0.15, 0.2) is 9.84 Å². The van der Waals surface area contributed by atoms with Gasteiger partial charge in [-0.3, -0.25) is 9.59 Å². The Balaban J connectivity index is 1.58. The molecule has 2 aromatic carbocycles. The Morgan fingerprint density at radius 2 is 1.76 bits per heavy atom. The number of halogens is 5. The van der Waals surface area contributed by atoms with Crippen molar-refractivity contribution in [2.24, 2.45) is 0 Å². The molecule has 2 heterocycles. The number of sulfone groups is 1. The number of H-pyrrole nitrogens is 1. The second-order valence-corrected chi connectivity index (χ2v) is 12.2. The molecule has 0 bridgehead atoms. The van der Waals surface area contributed by atoms with Crippen molar-refractivity contribution in [3.05, 3.63) is 80.1 Å². The average Bonchev–Trinajstić information content (AvgIpc) is 3.34. The summed E-state index contributed by atoms with van der Waals surface area (Å²) in [5, 5.41) is 7.92. The van der Waals surface area contributed by atoms with Crippen LogP contribution >= 0.6 is 23.2 Å². The summed E-state index contributed by atoms with van der Waals surface area (Å²) in [5.41, 5.74) is 2.95. The van der Waals surface area contributed by atoms with E-state index < -0.39 is 40.1 Å². The van der Waals surface area contributed by atoms with E-state index in [0.29, 0.717) is 33.8 Å². The van der Waals surface area contributed by atoms with E-state index in [1.807, 2.05) is 0 Å². The van der Waals surface area contributed by atoms with Gasteiger partial charge in [-0.1, -0.05) is 29.3 Å². The Hall–Kier alpha value is -3.32. The van der Waals surface area contributed by atoms with E-state index in [2.05, 4.69) is 20.9 Å². The third kappa shape index (κ3) is 6.95. The van der Waals surface area contributed by atoms with Crippen molar-refractivity contribution in [1.82, 2.24) is 15.6 Å². The highest BCUT2D eigenvalue weighted by Gasteiger charge is 2.29. The average molecular weight is 629 g/mol. The van der Waals surface area contributed by atoms with Gasteiger partial charge in [0, 0.05) is 51.3 Å². The lowest BCUT2D eigenvalue weighted by Crippen LogP contribution is -2.36. The van der Waals surface area contributed by atoms with Gasteiger partial charge in [-0.05, 0) is 55.8 Å². The van der Waals surface area contributed by atoms with E-state index in [-0.39, 0.29) is 39.2 Å². The fourth-order valence-electron chi connectivity index (χ4n) is 4.43. The first-order valence-electron chi connectivity index (χ1n) is 12.3. The number of aromatic amines is 1. The molecule has 4 rings (SSSR count). The molecule has 1 aliphatic rings. The van der Waals surface area contributed by atoms with E-state index >= 15 is 0 Å². The highest BCUT2D eigenvalue weighted by molar-refractivity contribution is 7.90. The first kappa shape index (κ1) is 30.6. The molecule has 0 aliphatic carbocycles. The summed E-state index contributed by atoms with van der Waals surface area (Å²) in [7, 11) is -3.90. The molecule has 4 N–H and O–H groups in total. The second kappa shape index (κ2) is 11.9. The quantitative estimate of drug-likeness (QED) is 0.190. The molecule has 1 aliphatic heterocycles. The minimum absolute atomic E-state index is 0.0260. The smallest absolute Gasteiger partial charge is 0.358 e. The van der Waals surface area contributed by atoms with Crippen molar-refractivity contribution in [3.8, 4) is 0 Å². The highest BCUT2D eigenvalue weighted by atomic mass is 35.5. The van der Waals surface area contributed by atoms with Gasteiger partial charge in [0.2, 0.25) is 0 Å². The van der Waals surface area contributed by atoms with Crippen molar-refractivity contribution in [2.45, 2.75) is 30.7 Å². The number of aryl methyl sites for hydroxylation is 1. The Bertz CT molecular complexity index is 1650. The molecule has 0 unspecified atom stereocenters. The summed E-state index contributed by atoms with van der Waals surface area (Å²) < 4.78 is 63.3. The Kier molecular flexibility index (Phi) is 8.88. The largest absolute Gasteiger partial charge is 0.401 e. The second-order valence-electron chi connectivity index (χ2n) is 9.39. The molecule has 2 amide bonds. The molecule has 3 aromatic rings. The molecule has 8 nitrogen and oxygen atoms in total. The van der Waals surface area contributed by atoms with Crippen LogP contribution in [0.15, 0.2) is 41.3 Å². The van der Waals surface area contributed by atoms with Crippen LogP contribution in [0.3, 0.4) is 0 Å². The Morgan fingerprint density at radius 1 is 1.07 bits per heavy atom. The number of amides is 2. The van der Waals surface area contributed by atoms with Crippen LogP contribution in [0.1, 0.15) is 38.4 Å². The molecule has 0 saturated carbocycles. The number of aromatic nitrogens is 1. The number of nitrogens with one attached hydrogen (secondary N) is 4. The zero-order valence-electron chi connectivity index (χ0n) is 21.8. The molecular formula is C27H25Cl2F3N4O4S. The standard InChI is InChI=1S/C27H25Cl2F3N4O4S/c1-14-23(35-15(2)24(14)26(38)34-9-8-33-13-27(30,31)32)11-18-17-10-16(6-7-22(17)36-25(18)37)41(39,40)12-19-20(28)4-3-5-21(19)29/h3-7,10-11,33,35H,8-9,12-13H2,1-2H3,(H,34,38)(H,36,37)/b18-11-. The van der Waals surface area contributed by atoms with Crippen molar-refractivity contribution in [1.29, 1.82) is 0 Å². The van der Waals surface area contributed by atoms with Crippen LogP contribution in [-0.2, 0) is 20.4 Å². The number of benzene rings is 2. The zero-order valence-corrected chi connectivity index (χ0v) is 24.1. The number of carbonyl (C=O) groups is 2. The molecule has 14 heteroatoms. The first-order valence-corrected chi connectivity index (χ1v) is 14.7. The SMILES string of the molecule is Cc1[nH]c(/C=C2\C(=O)Nc3ccc(S(=O)(=O)Cc4c(Cl)cccc4Cl)cc32)c(C)c1C(=O)NCCNCC(F)(F)F. The van der Waals surface area contributed by atoms with Crippen LogP contribution in [0.25, 0.3) is 11.6 Å². The summed E-state index contributed by atoms with van der Waals surface area (Å²) in [5.74, 6) is -1.39. The van der Waals surface area contributed by atoms with Crippen LogP contribution in [0.4, 0.5) is 18.9 Å². The number of rotatable bonds is 9. The van der Waals surface area contributed by atoms with Crippen molar-refractivity contribution >= 4 is 62.2 Å². The molecule has 41 heavy (non-hydrogen) atoms. The number of alkyl halides is 3. The fourth-order valence-corrected chi connectivity index (χ4v) is 6.55. The van der Waals surface area contributed by atoms with E-state index in [9.17, 15) is 31.2 Å². The minimum atomic E-state index is -4.35. The molecule has 0 radical (unpaired) electrons. The predicted octanol–water partition coefficient (Wildman–Crippen LogP) is 5.29. The van der Waals surface area contributed by atoms with Crippen LogP contribution in [0, 0.1) is 13.8 Å². The van der Waals surface area contributed by atoms with E-state index in [4.69, 9.17) is 23.2 Å². The van der Waals surface area contributed by atoms with Gasteiger partial charge < -0.3 is 20.9 Å². The summed E-state index contributed by atoms with van der Waals surface area (Å²) in [4.78, 5) is 28.6. The van der Waals surface area contributed by atoms with Crippen LogP contribution in [0.2, 0.25) is 10.0 Å². The maximum atomic E-state index is 13.3. The summed E-state index contributed by atoms with van der Waals surface area (Å²) >= 11 is 12.3. The predicted molar refractivity (Wildman–Crippen MR) is 152 cm³/mol. The highest BCUT2D eigenvalue weighted by Crippen LogP contribution is 2.37. The van der Waals surface area contributed by atoms with Gasteiger partial charge >= 0.3 is 6.18 Å². The molecule has 0 saturated heterocycles. The molecule has 0 spiro atoms. The number of fused-ring (bicyclic) bond motifs is 1. The normalized spacial score (nSPS) is 14.3. The summed E-state index contributed by atoms with van der Waals surface area (Å²) in [6.45, 7) is 2.05. The molecular weight excluding hydrogens is 604 g/mol. The van der Waals surface area contributed by atoms with Gasteiger partial charge in [-0.15, -0.1) is 0 Å². The summed E-state index contributed by atoms with van der Waals surface area (Å²) in [6.07, 6.45) is -2.83. The number of carbonyl (C=O) groups excluding carboxylic acids is 2.